The van der Waals surface area contributed by atoms with Gasteiger partial charge < -0.3 is 33.5 Å². The van der Waals surface area contributed by atoms with Crippen molar-refractivity contribution in [2.24, 2.45) is 0 Å². The van der Waals surface area contributed by atoms with Crippen molar-refractivity contribution in [1.82, 2.24) is 0 Å². The zero-order valence-corrected chi connectivity index (χ0v) is 31.1. The summed E-state index contributed by atoms with van der Waals surface area (Å²) in [7, 11) is 0. The highest BCUT2D eigenvalue weighted by Gasteiger charge is 2.62. The summed E-state index contributed by atoms with van der Waals surface area (Å²) in [6, 6.07) is 12.6. The fourth-order valence-electron chi connectivity index (χ4n) is 6.80. The van der Waals surface area contributed by atoms with Crippen LogP contribution in [0.1, 0.15) is 122 Å². The molecule has 1 spiro atoms. The molecule has 7 nitrogen and oxygen atoms in total. The number of rotatable bonds is 20. The van der Waals surface area contributed by atoms with Crippen molar-refractivity contribution in [1.29, 1.82) is 0 Å². The zero-order chi connectivity index (χ0) is 34.6. The van der Waals surface area contributed by atoms with Crippen LogP contribution in [-0.4, -0.2) is 68.3 Å². The number of hydrogen-bond donors (Lipinski definition) is 1. The Labute approximate surface area is 294 Å². The van der Waals surface area contributed by atoms with Gasteiger partial charge in [-0.05, 0) is 67.3 Å². The lowest BCUT2D eigenvalue weighted by atomic mass is 9.73. The second-order valence-corrected chi connectivity index (χ2v) is 14.1. The number of aliphatic hydroxyl groups is 1. The molecule has 2 heterocycles. The summed E-state index contributed by atoms with van der Waals surface area (Å²) in [6.07, 6.45) is 7.63. The largest absolute Gasteiger partial charge is 0.462 e. The maximum atomic E-state index is 11.7. The number of benzene rings is 2. The molecule has 6 atom stereocenters. The van der Waals surface area contributed by atoms with Crippen LogP contribution in [0.4, 0.5) is 0 Å². The minimum Gasteiger partial charge on any atom is -0.462 e. The molecule has 0 saturated carbocycles. The summed E-state index contributed by atoms with van der Waals surface area (Å²) in [6.45, 7) is 15.2. The lowest BCUT2D eigenvalue weighted by molar-refractivity contribution is -0.332. The summed E-state index contributed by atoms with van der Waals surface area (Å²) < 4.78 is 40.2. The average Bonchev–Trinajstić information content (AvgIpc) is 3.06. The maximum Gasteiger partial charge on any atom is 0.208 e. The Morgan fingerprint density at radius 3 is 2.00 bits per heavy atom. The molecule has 1 unspecified atom stereocenters. The third kappa shape index (κ3) is 9.96. The maximum absolute atomic E-state index is 11.7. The van der Waals surface area contributed by atoms with Crippen LogP contribution >= 0.6 is 11.6 Å². The molecule has 2 aromatic rings. The summed E-state index contributed by atoms with van der Waals surface area (Å²) in [4.78, 5) is 0. The van der Waals surface area contributed by atoms with E-state index in [1.165, 1.54) is 11.1 Å². The van der Waals surface area contributed by atoms with Crippen LogP contribution in [0, 0.1) is 0 Å². The van der Waals surface area contributed by atoms with Crippen molar-refractivity contribution in [3.05, 3.63) is 63.7 Å². The SMILES string of the molecule is CCCCOC[C@H]1O[C@]2(CC(C)(O)Oc3cc(Cl)c(Cc4ccc(CC)cc4)cc32)[C@H](OCCCC)[C@@H](OCCCC)[C@@H]1OCCCC. The van der Waals surface area contributed by atoms with E-state index < -0.39 is 35.8 Å². The molecule has 0 amide bonds. The molecule has 0 bridgehead atoms. The van der Waals surface area contributed by atoms with Crippen LogP contribution < -0.4 is 4.74 Å². The molecule has 1 N–H and O–H groups in total. The normalized spacial score (nSPS) is 26.8. The van der Waals surface area contributed by atoms with E-state index in [1.807, 2.05) is 6.07 Å². The molecular weight excluding hydrogens is 628 g/mol. The smallest absolute Gasteiger partial charge is 0.208 e. The summed E-state index contributed by atoms with van der Waals surface area (Å²) in [5.41, 5.74) is 3.12. The van der Waals surface area contributed by atoms with Gasteiger partial charge in [-0.1, -0.05) is 96.2 Å². The van der Waals surface area contributed by atoms with Crippen molar-refractivity contribution >= 4 is 11.6 Å². The fraction of sp³-hybridized carbons (Fsp3) is 0.700. The molecule has 270 valence electrons. The highest BCUT2D eigenvalue weighted by molar-refractivity contribution is 6.31. The molecule has 2 aliphatic rings. The highest BCUT2D eigenvalue weighted by atomic mass is 35.5. The van der Waals surface area contributed by atoms with Crippen LogP contribution in [0.5, 0.6) is 5.75 Å². The van der Waals surface area contributed by atoms with Gasteiger partial charge in [-0.2, -0.15) is 0 Å². The molecule has 1 saturated heterocycles. The molecular formula is C40H61ClO7. The van der Waals surface area contributed by atoms with E-state index in [0.717, 1.165) is 68.9 Å². The Morgan fingerprint density at radius 1 is 0.792 bits per heavy atom. The van der Waals surface area contributed by atoms with Gasteiger partial charge in [-0.3, -0.25) is 0 Å². The Balaban J connectivity index is 1.86. The summed E-state index contributed by atoms with van der Waals surface area (Å²) in [5, 5.41) is 12.3. The quantitative estimate of drug-likeness (QED) is 0.139. The van der Waals surface area contributed by atoms with Crippen molar-refractivity contribution in [3.63, 3.8) is 0 Å². The molecule has 2 aliphatic heterocycles. The first-order chi connectivity index (χ1) is 23.2. The van der Waals surface area contributed by atoms with Gasteiger partial charge in [0.05, 0.1) is 6.61 Å². The van der Waals surface area contributed by atoms with Crippen LogP contribution in [0.3, 0.4) is 0 Å². The Morgan fingerprint density at radius 2 is 1.38 bits per heavy atom. The van der Waals surface area contributed by atoms with Gasteiger partial charge in [-0.25, -0.2) is 0 Å². The molecule has 48 heavy (non-hydrogen) atoms. The van der Waals surface area contributed by atoms with Crippen LogP contribution in [0.15, 0.2) is 36.4 Å². The van der Waals surface area contributed by atoms with Gasteiger partial charge >= 0.3 is 0 Å². The molecule has 2 aromatic carbocycles. The monoisotopic (exact) mass is 688 g/mol. The molecule has 4 rings (SSSR count). The topological polar surface area (TPSA) is 75.6 Å². The van der Waals surface area contributed by atoms with Crippen LogP contribution in [0.25, 0.3) is 0 Å². The van der Waals surface area contributed by atoms with E-state index in [1.54, 1.807) is 6.92 Å². The number of unbranched alkanes of at least 4 members (excludes halogenated alkanes) is 4. The van der Waals surface area contributed by atoms with E-state index in [2.05, 4.69) is 65.0 Å². The number of fused-ring (bicyclic) bond motifs is 2. The third-order valence-corrected chi connectivity index (χ3v) is 9.85. The van der Waals surface area contributed by atoms with Gasteiger partial charge in [0.2, 0.25) is 5.79 Å². The number of halogens is 1. The third-order valence-electron chi connectivity index (χ3n) is 9.50. The van der Waals surface area contributed by atoms with Gasteiger partial charge in [0, 0.05) is 50.4 Å². The zero-order valence-electron chi connectivity index (χ0n) is 30.4. The first-order valence-corrected chi connectivity index (χ1v) is 19.0. The Hall–Kier alpha value is -1.71. The predicted octanol–water partition coefficient (Wildman–Crippen LogP) is 8.95. The van der Waals surface area contributed by atoms with Crippen molar-refractivity contribution in [3.8, 4) is 5.75 Å². The van der Waals surface area contributed by atoms with Gasteiger partial charge in [0.1, 0.15) is 35.8 Å². The Bertz CT molecular complexity index is 1230. The van der Waals surface area contributed by atoms with Crippen molar-refractivity contribution in [2.45, 2.75) is 148 Å². The fourth-order valence-corrected chi connectivity index (χ4v) is 7.02. The lowest BCUT2D eigenvalue weighted by Crippen LogP contribution is -2.68. The van der Waals surface area contributed by atoms with Gasteiger partial charge in [-0.15, -0.1) is 0 Å². The Kier molecular flexibility index (Phi) is 15.5. The molecule has 1 fully saturated rings. The number of hydrogen-bond acceptors (Lipinski definition) is 7. The van der Waals surface area contributed by atoms with Gasteiger partial charge in [0.25, 0.3) is 0 Å². The van der Waals surface area contributed by atoms with E-state index in [-0.39, 0.29) is 6.42 Å². The van der Waals surface area contributed by atoms with Crippen LogP contribution in [-0.2, 0) is 42.1 Å². The second kappa shape index (κ2) is 19.1. The molecule has 0 aromatic heterocycles. The molecule has 0 aliphatic carbocycles. The predicted molar refractivity (Wildman–Crippen MR) is 192 cm³/mol. The summed E-state index contributed by atoms with van der Waals surface area (Å²) in [5.74, 6) is -1.05. The van der Waals surface area contributed by atoms with Crippen molar-refractivity contribution in [2.75, 3.05) is 33.0 Å². The van der Waals surface area contributed by atoms with E-state index >= 15 is 0 Å². The van der Waals surface area contributed by atoms with E-state index in [0.29, 0.717) is 50.2 Å². The lowest BCUT2D eigenvalue weighted by Gasteiger charge is -2.56. The van der Waals surface area contributed by atoms with Crippen molar-refractivity contribution < 1.29 is 33.5 Å². The minimum absolute atomic E-state index is 0.150. The number of ether oxygens (including phenoxy) is 6. The first kappa shape index (κ1) is 39.1. The average molecular weight is 689 g/mol. The molecule has 0 radical (unpaired) electrons. The van der Waals surface area contributed by atoms with Gasteiger partial charge in [0.15, 0.2) is 0 Å². The van der Waals surface area contributed by atoms with E-state index in [4.69, 9.17) is 40.0 Å². The first-order valence-electron chi connectivity index (χ1n) is 18.6. The number of aryl methyl sites for hydroxylation is 1. The van der Waals surface area contributed by atoms with Crippen LogP contribution in [0.2, 0.25) is 5.02 Å². The minimum atomic E-state index is -1.54. The summed E-state index contributed by atoms with van der Waals surface area (Å²) >= 11 is 6.96. The standard InChI is InChI=1S/C40H61ClO7/c1-7-12-20-43-27-35-36(44-21-13-8-2)37(45-22-14-9-3)38(46-23-15-10-4)40(48-35)28-39(6,42)47-34-26-33(41)31(25-32(34)40)24-30-18-16-29(11-5)17-19-30/h16-19,25-26,35-38,42H,7-15,20-24,27-28H2,1-6H3/t35-,36-,37+,38-,39?,40+/m1/s1. The van der Waals surface area contributed by atoms with E-state index in [9.17, 15) is 5.11 Å². The second-order valence-electron chi connectivity index (χ2n) is 13.7. The molecule has 8 heteroatoms. The highest BCUT2D eigenvalue weighted by Crippen LogP contribution is 2.54.